The van der Waals surface area contributed by atoms with Gasteiger partial charge in [-0.15, -0.1) is 24.0 Å². The first-order chi connectivity index (χ1) is 10.7. The number of aliphatic imine (C=N–C) groups is 1. The number of hydrogen-bond acceptors (Lipinski definition) is 3. The minimum Gasteiger partial charge on any atom is -0.357 e. The number of hydrogen-bond donors (Lipinski definition) is 2. The standard InChI is InChI=1S/C15H23BrClN3O2S.HI/c1-4-18-15(20-11(2)7-8-23(3,21)22)19-10-12-5-6-13(16)9-14(12)17;/h5-6,9,11H,4,7-8,10H2,1-3H3,(H2,18,19,20);1H. The van der Waals surface area contributed by atoms with E-state index < -0.39 is 9.84 Å². The summed E-state index contributed by atoms with van der Waals surface area (Å²) >= 11 is 9.56. The zero-order chi connectivity index (χ0) is 17.5. The number of guanidine groups is 1. The van der Waals surface area contributed by atoms with Crippen molar-refractivity contribution in [3.63, 3.8) is 0 Å². The molecule has 0 heterocycles. The normalized spacial score (nSPS) is 13.1. The van der Waals surface area contributed by atoms with Crippen molar-refractivity contribution in [1.29, 1.82) is 0 Å². The van der Waals surface area contributed by atoms with Gasteiger partial charge in [0.25, 0.3) is 0 Å². The van der Waals surface area contributed by atoms with Crippen LogP contribution in [0.4, 0.5) is 0 Å². The molecule has 1 unspecified atom stereocenters. The first-order valence-corrected chi connectivity index (χ1v) is 10.6. The summed E-state index contributed by atoms with van der Waals surface area (Å²) in [6, 6.07) is 5.68. The Bertz CT molecular complexity index is 656. The van der Waals surface area contributed by atoms with E-state index in [1.165, 1.54) is 6.26 Å². The average Bonchev–Trinajstić information content (AvgIpc) is 2.43. The van der Waals surface area contributed by atoms with Crippen LogP contribution in [0.5, 0.6) is 0 Å². The highest BCUT2D eigenvalue weighted by Crippen LogP contribution is 2.21. The second-order valence-corrected chi connectivity index (χ2v) is 8.98. The lowest BCUT2D eigenvalue weighted by atomic mass is 10.2. The maximum atomic E-state index is 11.2. The van der Waals surface area contributed by atoms with Crippen LogP contribution in [0.25, 0.3) is 0 Å². The molecule has 24 heavy (non-hydrogen) atoms. The van der Waals surface area contributed by atoms with Crippen LogP contribution in [0, 0.1) is 0 Å². The van der Waals surface area contributed by atoms with Gasteiger partial charge in [0.1, 0.15) is 9.84 Å². The van der Waals surface area contributed by atoms with Crippen molar-refractivity contribution in [2.45, 2.75) is 32.9 Å². The van der Waals surface area contributed by atoms with E-state index in [0.29, 0.717) is 23.9 Å². The number of rotatable bonds is 7. The molecule has 0 spiro atoms. The van der Waals surface area contributed by atoms with Crippen molar-refractivity contribution < 1.29 is 8.42 Å². The van der Waals surface area contributed by atoms with Gasteiger partial charge in [0, 0.05) is 28.3 Å². The summed E-state index contributed by atoms with van der Waals surface area (Å²) < 4.78 is 23.4. The Kier molecular flexibility index (Phi) is 11.5. The Morgan fingerprint density at radius 1 is 1.42 bits per heavy atom. The fourth-order valence-electron chi connectivity index (χ4n) is 1.83. The molecule has 0 aliphatic heterocycles. The van der Waals surface area contributed by atoms with Gasteiger partial charge < -0.3 is 10.6 Å². The average molecular weight is 553 g/mol. The van der Waals surface area contributed by atoms with Crippen LogP contribution < -0.4 is 10.6 Å². The Balaban J connectivity index is 0.00000529. The van der Waals surface area contributed by atoms with Gasteiger partial charge in [-0.25, -0.2) is 13.4 Å². The van der Waals surface area contributed by atoms with E-state index in [-0.39, 0.29) is 35.8 Å². The monoisotopic (exact) mass is 551 g/mol. The van der Waals surface area contributed by atoms with Crippen molar-refractivity contribution >= 4 is 67.3 Å². The first kappa shape index (κ1) is 23.9. The summed E-state index contributed by atoms with van der Waals surface area (Å²) in [7, 11) is -2.95. The molecule has 0 aliphatic rings. The number of sulfone groups is 1. The predicted octanol–water partition coefficient (Wildman–Crippen LogP) is 3.60. The molecule has 0 amide bonds. The third-order valence-electron chi connectivity index (χ3n) is 3.07. The molecule has 0 fully saturated rings. The third kappa shape index (κ3) is 10.0. The molecule has 0 aliphatic carbocycles. The second-order valence-electron chi connectivity index (χ2n) is 5.39. The van der Waals surface area contributed by atoms with Crippen LogP contribution >= 0.6 is 51.5 Å². The van der Waals surface area contributed by atoms with Crippen molar-refractivity contribution in [3.05, 3.63) is 33.3 Å². The maximum absolute atomic E-state index is 11.2. The third-order valence-corrected chi connectivity index (χ3v) is 4.89. The Labute approximate surface area is 175 Å². The van der Waals surface area contributed by atoms with Gasteiger partial charge in [0.2, 0.25) is 0 Å². The SMILES string of the molecule is CCNC(=NCc1ccc(Br)cc1Cl)NC(C)CCS(C)(=O)=O.I. The summed E-state index contributed by atoms with van der Waals surface area (Å²) in [4.78, 5) is 4.50. The second kappa shape index (κ2) is 11.5. The Morgan fingerprint density at radius 3 is 2.62 bits per heavy atom. The van der Waals surface area contributed by atoms with Crippen LogP contribution in [-0.4, -0.2) is 39.0 Å². The van der Waals surface area contributed by atoms with Gasteiger partial charge in [-0.3, -0.25) is 0 Å². The van der Waals surface area contributed by atoms with Crippen molar-refractivity contribution in [1.82, 2.24) is 10.6 Å². The highest BCUT2D eigenvalue weighted by Gasteiger charge is 2.09. The van der Waals surface area contributed by atoms with E-state index in [4.69, 9.17) is 11.6 Å². The van der Waals surface area contributed by atoms with Gasteiger partial charge in [-0.05, 0) is 38.0 Å². The van der Waals surface area contributed by atoms with E-state index in [1.807, 2.05) is 32.0 Å². The highest BCUT2D eigenvalue weighted by atomic mass is 127. The summed E-state index contributed by atoms with van der Waals surface area (Å²) in [6.07, 6.45) is 1.77. The Morgan fingerprint density at radius 2 is 2.08 bits per heavy atom. The van der Waals surface area contributed by atoms with Crippen molar-refractivity contribution in [2.24, 2.45) is 4.99 Å². The minimum atomic E-state index is -2.95. The van der Waals surface area contributed by atoms with E-state index in [2.05, 4.69) is 31.6 Å². The molecule has 1 rings (SSSR count). The summed E-state index contributed by atoms with van der Waals surface area (Å²) in [5, 5.41) is 7.02. The van der Waals surface area contributed by atoms with Gasteiger partial charge in [-0.2, -0.15) is 0 Å². The molecule has 1 atom stereocenters. The van der Waals surface area contributed by atoms with Gasteiger partial charge >= 0.3 is 0 Å². The molecule has 138 valence electrons. The number of halogens is 3. The van der Waals surface area contributed by atoms with Crippen LogP contribution in [0.2, 0.25) is 5.02 Å². The van der Waals surface area contributed by atoms with Gasteiger partial charge in [0.05, 0.1) is 12.3 Å². The zero-order valence-corrected chi connectivity index (χ0v) is 19.5. The number of nitrogens with zero attached hydrogens (tertiary/aromatic N) is 1. The largest absolute Gasteiger partial charge is 0.357 e. The van der Waals surface area contributed by atoms with Crippen LogP contribution in [0.15, 0.2) is 27.7 Å². The Hall–Kier alpha value is -0.0600. The molecule has 2 N–H and O–H groups in total. The smallest absolute Gasteiger partial charge is 0.191 e. The fourth-order valence-corrected chi connectivity index (χ4v) is 3.35. The number of benzene rings is 1. The van der Waals surface area contributed by atoms with E-state index in [1.54, 1.807) is 0 Å². The summed E-state index contributed by atoms with van der Waals surface area (Å²) in [5.41, 5.74) is 0.927. The molecule has 0 aromatic heterocycles. The van der Waals surface area contributed by atoms with Crippen LogP contribution in [0.1, 0.15) is 25.8 Å². The predicted molar refractivity (Wildman–Crippen MR) is 116 cm³/mol. The zero-order valence-electron chi connectivity index (χ0n) is 14.0. The van der Waals surface area contributed by atoms with Crippen LogP contribution in [-0.2, 0) is 16.4 Å². The topological polar surface area (TPSA) is 70.6 Å². The highest BCUT2D eigenvalue weighted by molar-refractivity contribution is 14.0. The summed E-state index contributed by atoms with van der Waals surface area (Å²) in [6.45, 7) is 5.08. The summed E-state index contributed by atoms with van der Waals surface area (Å²) in [5.74, 6) is 0.798. The molecule has 0 radical (unpaired) electrons. The van der Waals surface area contributed by atoms with Crippen molar-refractivity contribution in [2.75, 3.05) is 18.6 Å². The lowest BCUT2D eigenvalue weighted by Crippen LogP contribution is -2.42. The molecule has 5 nitrogen and oxygen atoms in total. The molecule has 0 saturated heterocycles. The molecule has 1 aromatic rings. The molecule has 9 heteroatoms. The fraction of sp³-hybridized carbons (Fsp3) is 0.533. The molecular weight excluding hydrogens is 529 g/mol. The van der Waals surface area contributed by atoms with E-state index >= 15 is 0 Å². The lowest BCUT2D eigenvalue weighted by Gasteiger charge is -2.17. The van der Waals surface area contributed by atoms with Gasteiger partial charge in [-0.1, -0.05) is 33.6 Å². The van der Waals surface area contributed by atoms with Crippen LogP contribution in [0.3, 0.4) is 0 Å². The molecule has 1 aromatic carbocycles. The quantitative estimate of drug-likeness (QED) is 0.308. The van der Waals surface area contributed by atoms with Gasteiger partial charge in [0.15, 0.2) is 5.96 Å². The molecular formula is C15H24BrClIN3O2S. The first-order valence-electron chi connectivity index (χ1n) is 7.37. The minimum absolute atomic E-state index is 0. The lowest BCUT2D eigenvalue weighted by molar-refractivity contribution is 0.581. The maximum Gasteiger partial charge on any atom is 0.191 e. The molecule has 0 saturated carbocycles. The van der Waals surface area contributed by atoms with E-state index in [9.17, 15) is 8.42 Å². The van der Waals surface area contributed by atoms with Crippen molar-refractivity contribution in [3.8, 4) is 0 Å². The number of nitrogens with one attached hydrogen (secondary N) is 2. The van der Waals surface area contributed by atoms with E-state index in [0.717, 1.165) is 16.6 Å². The molecule has 0 bridgehead atoms.